The fourth-order valence-electron chi connectivity index (χ4n) is 1.40. The normalized spacial score (nSPS) is 11.9. The van der Waals surface area contributed by atoms with Gasteiger partial charge in [0.25, 0.3) is 5.91 Å². The summed E-state index contributed by atoms with van der Waals surface area (Å²) < 4.78 is 0. The molecule has 18 heavy (non-hydrogen) atoms. The molecule has 1 aromatic rings. The molecule has 1 amide bonds. The predicted molar refractivity (Wildman–Crippen MR) is 69.6 cm³/mol. The lowest BCUT2D eigenvalue weighted by atomic mass is 10.1. The van der Waals surface area contributed by atoms with Crippen LogP contribution in [-0.2, 0) is 10.5 Å². The third kappa shape index (κ3) is 4.05. The summed E-state index contributed by atoms with van der Waals surface area (Å²) in [6.45, 7) is -0.633. The van der Waals surface area contributed by atoms with Gasteiger partial charge in [-0.2, -0.15) is 11.8 Å². The van der Waals surface area contributed by atoms with Gasteiger partial charge >= 0.3 is 5.97 Å². The molecule has 1 aromatic carbocycles. The molecular formula is C12H15NO4S. The number of thioether (sulfide) groups is 1. The highest BCUT2D eigenvalue weighted by molar-refractivity contribution is 7.97. The molecule has 98 valence electrons. The lowest BCUT2D eigenvalue weighted by molar-refractivity contribution is -0.140. The van der Waals surface area contributed by atoms with Crippen molar-refractivity contribution in [3.05, 3.63) is 35.4 Å². The van der Waals surface area contributed by atoms with Crippen molar-refractivity contribution in [2.24, 2.45) is 0 Å². The Morgan fingerprint density at radius 3 is 2.72 bits per heavy atom. The number of aliphatic hydroxyl groups is 1. The molecule has 0 fully saturated rings. The Morgan fingerprint density at radius 1 is 1.44 bits per heavy atom. The topological polar surface area (TPSA) is 86.6 Å². The van der Waals surface area contributed by atoms with Crippen molar-refractivity contribution in [1.82, 2.24) is 5.32 Å². The Balaban J connectivity index is 2.77. The highest BCUT2D eigenvalue weighted by atomic mass is 32.2. The Kier molecular flexibility index (Phi) is 5.67. The molecule has 3 N–H and O–H groups in total. The van der Waals surface area contributed by atoms with Crippen LogP contribution < -0.4 is 5.32 Å². The molecular weight excluding hydrogens is 254 g/mol. The largest absolute Gasteiger partial charge is 0.480 e. The average molecular weight is 269 g/mol. The first-order valence-electron chi connectivity index (χ1n) is 5.31. The number of hydrogen-bond donors (Lipinski definition) is 3. The van der Waals surface area contributed by atoms with E-state index in [1.807, 2.05) is 12.3 Å². The molecule has 1 rings (SSSR count). The lowest BCUT2D eigenvalue weighted by Crippen LogP contribution is -2.43. The van der Waals surface area contributed by atoms with E-state index in [1.165, 1.54) is 0 Å². The van der Waals surface area contributed by atoms with Crippen molar-refractivity contribution in [3.8, 4) is 0 Å². The number of aliphatic hydroxyl groups excluding tert-OH is 1. The summed E-state index contributed by atoms with van der Waals surface area (Å²) in [5.41, 5.74) is 1.38. The second kappa shape index (κ2) is 7.03. The molecule has 0 heterocycles. The lowest BCUT2D eigenvalue weighted by Gasteiger charge is -2.12. The first-order valence-corrected chi connectivity index (χ1v) is 6.70. The molecule has 0 saturated heterocycles. The molecule has 0 aliphatic rings. The quantitative estimate of drug-likeness (QED) is 0.708. The van der Waals surface area contributed by atoms with Crippen molar-refractivity contribution >= 4 is 23.6 Å². The molecule has 0 aromatic heterocycles. The number of carbonyl (C=O) groups is 2. The maximum Gasteiger partial charge on any atom is 0.328 e. The van der Waals surface area contributed by atoms with Crippen LogP contribution in [0.1, 0.15) is 15.9 Å². The van der Waals surface area contributed by atoms with Gasteiger partial charge in [0.2, 0.25) is 0 Å². The van der Waals surface area contributed by atoms with Crippen LogP contribution >= 0.6 is 11.8 Å². The first-order chi connectivity index (χ1) is 8.58. The molecule has 0 saturated carbocycles. The summed E-state index contributed by atoms with van der Waals surface area (Å²) in [5, 5.41) is 19.8. The molecule has 0 aliphatic carbocycles. The van der Waals surface area contributed by atoms with Gasteiger partial charge < -0.3 is 15.5 Å². The van der Waals surface area contributed by atoms with E-state index in [0.29, 0.717) is 5.56 Å². The highest BCUT2D eigenvalue weighted by Crippen LogP contribution is 2.11. The minimum Gasteiger partial charge on any atom is -0.480 e. The number of rotatable bonds is 6. The number of carbonyl (C=O) groups excluding carboxylic acids is 1. The third-order valence-corrected chi connectivity index (χ3v) is 2.91. The summed E-state index contributed by atoms with van der Waals surface area (Å²) in [6, 6.07) is 5.68. The van der Waals surface area contributed by atoms with E-state index in [0.717, 1.165) is 11.3 Å². The Hall–Kier alpha value is -1.53. The molecule has 5 nitrogen and oxygen atoms in total. The van der Waals surface area contributed by atoms with Crippen LogP contribution in [0.25, 0.3) is 0 Å². The second-order valence-electron chi connectivity index (χ2n) is 3.68. The number of carboxylic acids is 1. The number of amides is 1. The van der Waals surface area contributed by atoms with Crippen LogP contribution in [0.3, 0.4) is 0 Å². The van der Waals surface area contributed by atoms with Crippen molar-refractivity contribution in [1.29, 1.82) is 0 Å². The number of aliphatic carboxylic acids is 1. The van der Waals surface area contributed by atoms with Crippen molar-refractivity contribution in [2.75, 3.05) is 12.9 Å². The van der Waals surface area contributed by atoms with E-state index in [1.54, 1.807) is 30.0 Å². The average Bonchev–Trinajstić information content (AvgIpc) is 2.36. The number of nitrogens with one attached hydrogen (secondary N) is 1. The predicted octanol–water partition coefficient (Wildman–Crippen LogP) is 0.725. The van der Waals surface area contributed by atoms with Gasteiger partial charge in [-0.25, -0.2) is 4.79 Å². The second-order valence-corrected chi connectivity index (χ2v) is 4.55. The monoisotopic (exact) mass is 269 g/mol. The Bertz CT molecular complexity index is 436. The highest BCUT2D eigenvalue weighted by Gasteiger charge is 2.19. The van der Waals surface area contributed by atoms with Gasteiger partial charge in [-0.1, -0.05) is 12.1 Å². The van der Waals surface area contributed by atoms with Crippen LogP contribution in [0.5, 0.6) is 0 Å². The van der Waals surface area contributed by atoms with Crippen LogP contribution in [0.15, 0.2) is 24.3 Å². The molecule has 0 radical (unpaired) electrons. The van der Waals surface area contributed by atoms with Gasteiger partial charge in [0.15, 0.2) is 6.04 Å². The SMILES string of the molecule is CSCc1cccc(C(=O)N[C@@H](CO)C(=O)O)c1. The zero-order valence-corrected chi connectivity index (χ0v) is 10.7. The Labute approximate surface area is 109 Å². The maximum atomic E-state index is 11.8. The fraction of sp³-hybridized carbons (Fsp3) is 0.333. The van der Waals surface area contributed by atoms with Gasteiger partial charge in [0.1, 0.15) is 0 Å². The number of hydrogen-bond acceptors (Lipinski definition) is 4. The first kappa shape index (κ1) is 14.5. The fourth-order valence-corrected chi connectivity index (χ4v) is 1.91. The van der Waals surface area contributed by atoms with E-state index >= 15 is 0 Å². The van der Waals surface area contributed by atoms with Gasteiger partial charge in [-0.05, 0) is 24.0 Å². The van der Waals surface area contributed by atoms with Crippen molar-refractivity contribution < 1.29 is 19.8 Å². The number of benzene rings is 1. The minimum atomic E-state index is -1.28. The third-order valence-electron chi connectivity index (χ3n) is 2.29. The van der Waals surface area contributed by atoms with E-state index in [4.69, 9.17) is 10.2 Å². The summed E-state index contributed by atoms with van der Waals surface area (Å²) in [6.07, 6.45) is 1.96. The molecule has 6 heteroatoms. The van der Waals surface area contributed by atoms with Crippen LogP contribution in [0.2, 0.25) is 0 Å². The van der Waals surface area contributed by atoms with Gasteiger partial charge in [-0.3, -0.25) is 4.79 Å². The standard InChI is InChI=1S/C12H15NO4S/c1-18-7-8-3-2-4-9(5-8)11(15)13-10(6-14)12(16)17/h2-5,10,14H,6-7H2,1H3,(H,13,15)(H,16,17)/t10-/m0/s1. The number of carboxylic acid groups (broad SMARTS) is 1. The summed E-state index contributed by atoms with van der Waals surface area (Å²) >= 11 is 1.63. The smallest absolute Gasteiger partial charge is 0.328 e. The van der Waals surface area contributed by atoms with Gasteiger partial charge in [-0.15, -0.1) is 0 Å². The van der Waals surface area contributed by atoms with E-state index in [2.05, 4.69) is 5.32 Å². The molecule has 0 spiro atoms. The summed E-state index contributed by atoms with van der Waals surface area (Å²) in [4.78, 5) is 22.5. The minimum absolute atomic E-state index is 0.390. The zero-order valence-electron chi connectivity index (χ0n) is 9.92. The van der Waals surface area contributed by atoms with Crippen molar-refractivity contribution in [2.45, 2.75) is 11.8 Å². The molecule has 1 atom stereocenters. The van der Waals surface area contributed by atoms with Gasteiger partial charge in [0.05, 0.1) is 6.61 Å². The zero-order chi connectivity index (χ0) is 13.5. The Morgan fingerprint density at radius 2 is 2.17 bits per heavy atom. The summed E-state index contributed by atoms with van der Waals surface area (Å²) in [5.74, 6) is -0.978. The van der Waals surface area contributed by atoms with Crippen LogP contribution in [0, 0.1) is 0 Å². The maximum absolute atomic E-state index is 11.8. The molecule has 0 bridgehead atoms. The molecule has 0 aliphatic heterocycles. The van der Waals surface area contributed by atoms with E-state index < -0.39 is 24.5 Å². The molecule has 0 unspecified atom stereocenters. The van der Waals surface area contributed by atoms with Crippen LogP contribution in [0.4, 0.5) is 0 Å². The van der Waals surface area contributed by atoms with E-state index in [9.17, 15) is 9.59 Å². The van der Waals surface area contributed by atoms with E-state index in [-0.39, 0.29) is 0 Å². The summed E-state index contributed by atoms with van der Waals surface area (Å²) in [7, 11) is 0. The van der Waals surface area contributed by atoms with Gasteiger partial charge in [0, 0.05) is 11.3 Å². The van der Waals surface area contributed by atoms with Crippen molar-refractivity contribution in [3.63, 3.8) is 0 Å². The van der Waals surface area contributed by atoms with Crippen LogP contribution in [-0.4, -0.2) is 41.0 Å².